The normalized spacial score (nSPS) is 25.8. The van der Waals surface area contributed by atoms with Gasteiger partial charge in [0.05, 0.1) is 13.2 Å². The van der Waals surface area contributed by atoms with Gasteiger partial charge >= 0.3 is 0 Å². The van der Waals surface area contributed by atoms with Gasteiger partial charge in [0.15, 0.2) is 0 Å². The number of hydrogen-bond donors (Lipinski definition) is 2. The summed E-state index contributed by atoms with van der Waals surface area (Å²) in [4.78, 5) is 12.7. The predicted molar refractivity (Wildman–Crippen MR) is 99.7 cm³/mol. The molecule has 1 amide bonds. The van der Waals surface area contributed by atoms with Gasteiger partial charge in [0.1, 0.15) is 11.3 Å². The van der Waals surface area contributed by atoms with E-state index in [-0.39, 0.29) is 23.5 Å². The molecule has 0 aliphatic heterocycles. The summed E-state index contributed by atoms with van der Waals surface area (Å²) in [6.45, 7) is 8.66. The van der Waals surface area contributed by atoms with Gasteiger partial charge in [-0.05, 0) is 44.4 Å². The Balaban J connectivity index is 1.85. The first-order valence-electron chi connectivity index (χ1n) is 9.09. The monoisotopic (exact) mass is 348 g/mol. The number of carbonyl (C=O) groups excluding carboxylic acids is 1. The van der Waals surface area contributed by atoms with Crippen molar-refractivity contribution in [3.05, 3.63) is 29.8 Å². The number of hydrogen-bond acceptors (Lipinski definition) is 4. The highest BCUT2D eigenvalue weighted by atomic mass is 16.5. The fourth-order valence-electron chi connectivity index (χ4n) is 3.42. The van der Waals surface area contributed by atoms with E-state index in [0.29, 0.717) is 13.0 Å². The molecule has 1 aromatic carbocycles. The Kier molecular flexibility index (Phi) is 6.12. The van der Waals surface area contributed by atoms with Crippen LogP contribution in [-0.4, -0.2) is 37.3 Å². The zero-order chi connectivity index (χ0) is 18.7. The number of amides is 1. The average Bonchev–Trinajstić information content (AvgIpc) is 2.59. The van der Waals surface area contributed by atoms with Gasteiger partial charge in [-0.15, -0.1) is 0 Å². The fourth-order valence-corrected chi connectivity index (χ4v) is 3.42. The second kappa shape index (κ2) is 7.75. The third-order valence-electron chi connectivity index (χ3n) is 5.64. The van der Waals surface area contributed by atoms with E-state index in [9.17, 15) is 4.79 Å². The minimum absolute atomic E-state index is 0.0443. The first-order valence-corrected chi connectivity index (χ1v) is 9.09. The SMILES string of the molecule is CCOC1CC(N)(C(=O)NC(C)CCc2ccc(OC)cc2)C1(C)C. The van der Waals surface area contributed by atoms with Crippen LogP contribution in [0.2, 0.25) is 0 Å². The molecule has 140 valence electrons. The van der Waals surface area contributed by atoms with Gasteiger partial charge < -0.3 is 20.5 Å². The van der Waals surface area contributed by atoms with E-state index in [1.165, 1.54) is 5.56 Å². The summed E-state index contributed by atoms with van der Waals surface area (Å²) in [6, 6.07) is 8.09. The minimum Gasteiger partial charge on any atom is -0.497 e. The number of nitrogens with two attached hydrogens (primary N) is 1. The molecule has 0 saturated heterocycles. The second-order valence-corrected chi connectivity index (χ2v) is 7.60. The van der Waals surface area contributed by atoms with Crippen LogP contribution in [0.15, 0.2) is 24.3 Å². The summed E-state index contributed by atoms with van der Waals surface area (Å²) in [6.07, 6.45) is 2.38. The lowest BCUT2D eigenvalue weighted by Crippen LogP contribution is -2.76. The van der Waals surface area contributed by atoms with Crippen molar-refractivity contribution in [1.29, 1.82) is 0 Å². The van der Waals surface area contributed by atoms with Crippen LogP contribution in [-0.2, 0) is 16.0 Å². The van der Waals surface area contributed by atoms with E-state index < -0.39 is 5.54 Å². The van der Waals surface area contributed by atoms with Crippen molar-refractivity contribution in [2.75, 3.05) is 13.7 Å². The molecule has 5 heteroatoms. The summed E-state index contributed by atoms with van der Waals surface area (Å²) in [5.74, 6) is 0.780. The molecule has 0 spiro atoms. The Bertz CT molecular complexity index is 585. The van der Waals surface area contributed by atoms with Crippen molar-refractivity contribution in [2.45, 2.75) is 64.6 Å². The molecule has 1 aliphatic carbocycles. The highest BCUT2D eigenvalue weighted by molar-refractivity contribution is 5.89. The Hall–Kier alpha value is -1.59. The van der Waals surface area contributed by atoms with Gasteiger partial charge in [-0.25, -0.2) is 0 Å². The molecular weight excluding hydrogens is 316 g/mol. The molecule has 5 nitrogen and oxygen atoms in total. The third kappa shape index (κ3) is 3.98. The molecule has 1 fully saturated rings. The van der Waals surface area contributed by atoms with Crippen LogP contribution < -0.4 is 15.8 Å². The number of benzene rings is 1. The molecular formula is C20H32N2O3. The van der Waals surface area contributed by atoms with E-state index in [1.54, 1.807) is 7.11 Å². The van der Waals surface area contributed by atoms with Crippen LogP contribution in [0, 0.1) is 5.41 Å². The van der Waals surface area contributed by atoms with Crippen LogP contribution in [0.1, 0.15) is 46.1 Å². The number of aryl methyl sites for hydroxylation is 1. The molecule has 2 rings (SSSR count). The van der Waals surface area contributed by atoms with Crippen LogP contribution in [0.3, 0.4) is 0 Å². The van der Waals surface area contributed by atoms with Crippen LogP contribution >= 0.6 is 0 Å². The van der Waals surface area contributed by atoms with Gasteiger partial charge in [-0.2, -0.15) is 0 Å². The largest absolute Gasteiger partial charge is 0.497 e. The second-order valence-electron chi connectivity index (χ2n) is 7.60. The summed E-state index contributed by atoms with van der Waals surface area (Å²) in [5, 5.41) is 3.09. The average molecular weight is 348 g/mol. The Morgan fingerprint density at radius 1 is 1.36 bits per heavy atom. The number of rotatable bonds is 8. The number of methoxy groups -OCH3 is 1. The molecule has 0 radical (unpaired) electrons. The first-order chi connectivity index (χ1) is 11.7. The van der Waals surface area contributed by atoms with Crippen molar-refractivity contribution in [2.24, 2.45) is 11.1 Å². The zero-order valence-electron chi connectivity index (χ0n) is 16.1. The summed E-state index contributed by atoms with van der Waals surface area (Å²) < 4.78 is 10.9. The van der Waals surface area contributed by atoms with Crippen molar-refractivity contribution in [3.63, 3.8) is 0 Å². The molecule has 3 atom stereocenters. The maximum absolute atomic E-state index is 12.7. The summed E-state index contributed by atoms with van der Waals surface area (Å²) in [7, 11) is 1.66. The highest BCUT2D eigenvalue weighted by Gasteiger charge is 2.62. The van der Waals surface area contributed by atoms with Crippen LogP contribution in [0.4, 0.5) is 0 Å². The maximum atomic E-state index is 12.7. The smallest absolute Gasteiger partial charge is 0.241 e. The third-order valence-corrected chi connectivity index (χ3v) is 5.64. The standard InChI is InChI=1S/C20H32N2O3/c1-6-25-17-13-20(21,19(17,3)4)18(23)22-14(2)7-8-15-9-11-16(24-5)12-10-15/h9-12,14,17H,6-8,13,21H2,1-5H3,(H,22,23). The van der Waals surface area contributed by atoms with Gasteiger partial charge in [0.2, 0.25) is 5.91 Å². The molecule has 25 heavy (non-hydrogen) atoms. The lowest BCUT2D eigenvalue weighted by Gasteiger charge is -2.57. The molecule has 3 unspecified atom stereocenters. The molecule has 1 aromatic rings. The topological polar surface area (TPSA) is 73.6 Å². The first kappa shape index (κ1) is 19.7. The van der Waals surface area contributed by atoms with Crippen LogP contribution in [0.25, 0.3) is 0 Å². The van der Waals surface area contributed by atoms with Gasteiger partial charge in [-0.1, -0.05) is 26.0 Å². The molecule has 0 heterocycles. The zero-order valence-corrected chi connectivity index (χ0v) is 16.1. The Morgan fingerprint density at radius 2 is 2.00 bits per heavy atom. The van der Waals surface area contributed by atoms with Crippen molar-refractivity contribution < 1.29 is 14.3 Å². The molecule has 0 aromatic heterocycles. The highest BCUT2D eigenvalue weighted by Crippen LogP contribution is 2.49. The lowest BCUT2D eigenvalue weighted by atomic mass is 9.54. The summed E-state index contributed by atoms with van der Waals surface area (Å²) in [5.41, 5.74) is 6.43. The molecule has 3 N–H and O–H groups in total. The minimum atomic E-state index is -0.860. The van der Waals surface area contributed by atoms with E-state index >= 15 is 0 Å². The van der Waals surface area contributed by atoms with E-state index in [4.69, 9.17) is 15.2 Å². The number of ether oxygens (including phenoxy) is 2. The molecule has 1 saturated carbocycles. The Morgan fingerprint density at radius 3 is 2.52 bits per heavy atom. The molecule has 0 bridgehead atoms. The number of nitrogens with one attached hydrogen (secondary N) is 1. The quantitative estimate of drug-likeness (QED) is 0.757. The number of carbonyl (C=O) groups is 1. The molecule has 1 aliphatic rings. The predicted octanol–water partition coefficient (Wildman–Crippen LogP) is 2.67. The van der Waals surface area contributed by atoms with E-state index in [1.807, 2.05) is 39.8 Å². The fraction of sp³-hybridized carbons (Fsp3) is 0.650. The van der Waals surface area contributed by atoms with Gasteiger partial charge in [-0.3, -0.25) is 4.79 Å². The van der Waals surface area contributed by atoms with Gasteiger partial charge in [0, 0.05) is 24.5 Å². The lowest BCUT2D eigenvalue weighted by molar-refractivity contribution is -0.171. The summed E-state index contributed by atoms with van der Waals surface area (Å²) >= 11 is 0. The maximum Gasteiger partial charge on any atom is 0.241 e. The van der Waals surface area contributed by atoms with Gasteiger partial charge in [0.25, 0.3) is 0 Å². The van der Waals surface area contributed by atoms with Crippen molar-refractivity contribution in [3.8, 4) is 5.75 Å². The van der Waals surface area contributed by atoms with Crippen LogP contribution in [0.5, 0.6) is 5.75 Å². The van der Waals surface area contributed by atoms with Crippen molar-refractivity contribution >= 4 is 5.91 Å². The Labute approximate surface area is 151 Å². The van der Waals surface area contributed by atoms with E-state index in [0.717, 1.165) is 18.6 Å². The van der Waals surface area contributed by atoms with Crippen molar-refractivity contribution in [1.82, 2.24) is 5.32 Å². The van der Waals surface area contributed by atoms with E-state index in [2.05, 4.69) is 17.4 Å².